The normalized spacial score (nSPS) is 47.5. The summed E-state index contributed by atoms with van der Waals surface area (Å²) in [5.41, 5.74) is 3.00. The monoisotopic (exact) mass is 1460 g/mol. The molecule has 0 radical (unpaired) electrons. The van der Waals surface area contributed by atoms with E-state index >= 15 is 0 Å². The van der Waals surface area contributed by atoms with Crippen LogP contribution in [0.25, 0.3) is 0 Å². The van der Waals surface area contributed by atoms with Gasteiger partial charge in [-0.2, -0.15) is 0 Å². The van der Waals surface area contributed by atoms with Crippen molar-refractivity contribution >= 4 is 28.8 Å². The topological polar surface area (TPSA) is 150 Å². The van der Waals surface area contributed by atoms with Crippen molar-refractivity contribution in [3.8, 4) is 0 Å². The van der Waals surface area contributed by atoms with Crippen molar-refractivity contribution in [3.63, 3.8) is 0 Å². The average Bonchev–Trinajstić information content (AvgIpc) is 1.46. The molecule has 0 aromatic carbocycles. The van der Waals surface area contributed by atoms with Gasteiger partial charge in [-0.15, -0.1) is 0 Å². The number of hydrogen-bond acceptors (Lipinski definition) is 12. The number of hydrogen-bond donors (Lipinski definition) is 2. The lowest BCUT2D eigenvalue weighted by Gasteiger charge is -2.64. The molecule has 0 aromatic rings. The first kappa shape index (κ1) is 78.5. The van der Waals surface area contributed by atoms with Gasteiger partial charge >= 0.3 is 12.2 Å². The van der Waals surface area contributed by atoms with E-state index in [0.29, 0.717) is 69.0 Å². The number of fused-ring (bicyclic) bond motifs is 8. The van der Waals surface area contributed by atoms with Crippen LogP contribution >= 0.6 is 0 Å². The van der Waals surface area contributed by atoms with Gasteiger partial charge in [0.05, 0.1) is 48.8 Å². The zero-order valence-corrected chi connectivity index (χ0v) is 70.4. The molecule has 102 heavy (non-hydrogen) atoms. The number of carbonyl (C=O) groups excluding carboxylic acids is 2. The highest BCUT2D eigenvalue weighted by Crippen LogP contribution is 2.92. The van der Waals surface area contributed by atoms with Gasteiger partial charge in [0.1, 0.15) is 6.10 Å². The molecule has 10 aliphatic carbocycles. The van der Waals surface area contributed by atoms with Crippen LogP contribution in [0, 0.1) is 107 Å². The quantitative estimate of drug-likeness (QED) is 0.0678. The zero-order chi connectivity index (χ0) is 73.6. The van der Waals surface area contributed by atoms with E-state index in [1.54, 1.807) is 14.1 Å². The molecule has 4 saturated heterocycles. The van der Waals surface area contributed by atoms with E-state index < -0.39 is 28.8 Å². The van der Waals surface area contributed by atoms with E-state index in [0.717, 1.165) is 100.0 Å². The predicted molar refractivity (Wildman–Crippen MR) is 410 cm³/mol. The molecule has 4 aliphatic heterocycles. The van der Waals surface area contributed by atoms with Crippen molar-refractivity contribution in [2.24, 2.45) is 107 Å². The molecule has 0 aromatic heterocycles. The van der Waals surface area contributed by atoms with Crippen LogP contribution in [0.3, 0.4) is 0 Å². The number of alkyl carbamates (subject to hydrolysis) is 2. The van der Waals surface area contributed by atoms with E-state index in [1.807, 2.05) is 6.92 Å². The van der Waals surface area contributed by atoms with Crippen molar-refractivity contribution in [2.45, 2.75) is 383 Å². The molecule has 28 atom stereocenters. The fraction of sp³-hybridized carbons (Fsp3) is 0.953. The highest BCUT2D eigenvalue weighted by molar-refractivity contribution is 6.74. The summed E-state index contributed by atoms with van der Waals surface area (Å²) in [4.78, 5) is 25.2. The summed E-state index contributed by atoms with van der Waals surface area (Å²) in [5, 5.41) is 5.37. The van der Waals surface area contributed by atoms with E-state index in [9.17, 15) is 9.59 Å². The molecule has 4 heterocycles. The van der Waals surface area contributed by atoms with Gasteiger partial charge in [0, 0.05) is 38.1 Å². The van der Waals surface area contributed by atoms with Gasteiger partial charge in [-0.3, -0.25) is 0 Å². The Bertz CT molecular complexity index is 2990. The van der Waals surface area contributed by atoms with Crippen LogP contribution in [0.15, 0.2) is 12.2 Å². The maximum atomic E-state index is 12.6. The third-order valence-corrected chi connectivity index (χ3v) is 45.0. The summed E-state index contributed by atoms with van der Waals surface area (Å²) in [6, 6.07) is 6.85. The van der Waals surface area contributed by atoms with Crippen LogP contribution in [0.5, 0.6) is 0 Å². The molecule has 2 N–H and O–H groups in total. The van der Waals surface area contributed by atoms with Crippen molar-refractivity contribution < 1.29 is 56.3 Å². The first-order valence-corrected chi connectivity index (χ1v) is 48.0. The Morgan fingerprint density at radius 3 is 1.26 bits per heavy atom. The molecule has 16 heteroatoms. The smallest absolute Gasteiger partial charge is 0.407 e. The predicted octanol–water partition coefficient (Wildman–Crippen LogP) is 20.2. The SMILES string of the molecule is C=C(C)[C@@H](OC(=O)NC)[C@H]1C[C@@H](C)[C@H]2[C@H](O1)[C@H](O[Si](CC)(CC)CC)[C@@]1(C)[C@@H]3CC[C@H]4C(C)(C)C(O[C@H]5CCCCO5)CCC45C[C@@]35CC[C@]21C.CC[Si](CC)(CC)O[C@H]1[C@H]2O[C@@H]([C@H](OC(=O)NC)C(C)C)C[C@@H](C)[C@@H]2[C@@]2(C)CC[C@@]34CC35CCC(O[C@H]3CCCCO3)C(C)(C)[C@@H]5CC[C@H]4[C@]12C. The maximum absolute atomic E-state index is 12.6. The fourth-order valence-corrected chi connectivity index (χ4v) is 35.7. The van der Waals surface area contributed by atoms with Gasteiger partial charge in [-0.25, -0.2) is 9.59 Å². The van der Waals surface area contributed by atoms with Gasteiger partial charge in [-0.1, -0.05) is 131 Å². The third-order valence-electron chi connectivity index (χ3n) is 35.7. The molecular formula is C86H148N2O12Si2. The standard InChI is InChI=1S/C43H75NO6Si.C43H73NO6Si/c2*1-12-51(13-2,14-3)50-37-36-34(28(6)25-29(47-36)35(27(4)5)49-38(45)44-11)40(9)22-23-43-26-42(43)21-20-32(48-33-17-15-16-24-46-33)39(7,8)30(42)18-19-31(43)41(37,40)10/h27-37H,12-26H2,1-11H3,(H,44,45);28-37H,4,12-26H2,1-3,5-11H3,(H,44,45)/t2*28-,29-,30+,31+,32?,33+,34+,35-,36+,37+,40-,41-,42?,43+/m11/s1. The lowest BCUT2D eigenvalue weighted by molar-refractivity contribution is -0.242. The van der Waals surface area contributed by atoms with Crippen LogP contribution < -0.4 is 10.6 Å². The fourth-order valence-electron chi connectivity index (χ4n) is 29.9. The molecule has 14 nitrogen and oxygen atoms in total. The van der Waals surface area contributed by atoms with Crippen molar-refractivity contribution in [1.29, 1.82) is 0 Å². The Morgan fingerprint density at radius 2 is 0.892 bits per heavy atom. The van der Waals surface area contributed by atoms with Crippen LogP contribution in [0.4, 0.5) is 9.59 Å². The molecule has 2 amide bonds. The van der Waals surface area contributed by atoms with Crippen LogP contribution in [0.1, 0.15) is 273 Å². The maximum Gasteiger partial charge on any atom is 0.407 e. The van der Waals surface area contributed by atoms with Crippen LogP contribution in [-0.2, 0) is 46.7 Å². The van der Waals surface area contributed by atoms with Crippen molar-refractivity contribution in [3.05, 3.63) is 12.2 Å². The Morgan fingerprint density at radius 1 is 0.510 bits per heavy atom. The Labute approximate surface area is 622 Å². The second-order valence-corrected chi connectivity index (χ2v) is 49.4. The summed E-state index contributed by atoms with van der Waals surface area (Å²) in [5.74, 6) is 4.55. The lowest BCUT2D eigenvalue weighted by Crippen LogP contribution is -2.61. The number of amides is 2. The second kappa shape index (κ2) is 28.3. The average molecular weight is 1460 g/mol. The molecule has 14 fully saturated rings. The molecule has 0 bridgehead atoms. The van der Waals surface area contributed by atoms with Gasteiger partial charge in [-0.05, 0) is 287 Å². The highest BCUT2D eigenvalue weighted by Gasteiger charge is 2.87. The lowest BCUT2D eigenvalue weighted by atomic mass is 9.41. The molecular weight excluding hydrogens is 1310 g/mol. The molecule has 582 valence electrons. The number of carbonyl (C=O) groups is 2. The van der Waals surface area contributed by atoms with Crippen LogP contribution in [0.2, 0.25) is 36.3 Å². The van der Waals surface area contributed by atoms with Gasteiger partial charge in [0.25, 0.3) is 0 Å². The van der Waals surface area contributed by atoms with Crippen molar-refractivity contribution in [2.75, 3.05) is 27.3 Å². The third kappa shape index (κ3) is 11.7. The molecule has 10 saturated carbocycles. The Hall–Kier alpha value is -1.61. The van der Waals surface area contributed by atoms with Gasteiger partial charge < -0.3 is 57.4 Å². The van der Waals surface area contributed by atoms with E-state index in [1.165, 1.54) is 96.3 Å². The van der Waals surface area contributed by atoms with Gasteiger partial charge in [0.15, 0.2) is 35.3 Å². The second-order valence-electron chi connectivity index (χ2n) is 39.9. The highest BCUT2D eigenvalue weighted by atomic mass is 28.4. The number of ether oxygens (including phenoxy) is 8. The minimum atomic E-state index is -2.02. The minimum absolute atomic E-state index is 0.00373. The summed E-state index contributed by atoms with van der Waals surface area (Å²) in [6.45, 7) is 52.4. The summed E-state index contributed by atoms with van der Waals surface area (Å²) in [6.07, 6.45) is 25.5. The summed E-state index contributed by atoms with van der Waals surface area (Å²) in [7, 11) is -0.746. The zero-order valence-electron chi connectivity index (χ0n) is 68.4. The van der Waals surface area contributed by atoms with Crippen LogP contribution in [-0.4, -0.2) is 130 Å². The Balaban J connectivity index is 0.000000182. The molecule has 14 aliphatic rings. The molecule has 14 rings (SSSR count). The minimum Gasteiger partial charge on any atom is -0.443 e. The summed E-state index contributed by atoms with van der Waals surface area (Å²) < 4.78 is 68.8. The number of nitrogens with one attached hydrogen (secondary N) is 2. The van der Waals surface area contributed by atoms with E-state index in [2.05, 4.69) is 142 Å². The van der Waals surface area contributed by atoms with Crippen molar-refractivity contribution in [1.82, 2.24) is 10.6 Å². The number of rotatable bonds is 20. The molecule has 4 spiro atoms. The first-order valence-electron chi connectivity index (χ1n) is 42.9. The largest absolute Gasteiger partial charge is 0.443 e. The van der Waals surface area contributed by atoms with E-state index in [-0.39, 0.29) is 112 Å². The summed E-state index contributed by atoms with van der Waals surface area (Å²) >= 11 is 0. The van der Waals surface area contributed by atoms with E-state index in [4.69, 9.17) is 46.7 Å². The molecule has 4 unspecified atom stereocenters. The van der Waals surface area contributed by atoms with Gasteiger partial charge in [0.2, 0.25) is 0 Å². The Kier molecular flexibility index (Phi) is 21.8. The first-order chi connectivity index (χ1) is 48.3.